The molecule has 0 spiro atoms. The molecule has 17 N–H and O–H groups in total. The minimum atomic E-state index is -2.75. The zero-order valence-corrected chi connectivity index (χ0v) is 29.3. The summed E-state index contributed by atoms with van der Waals surface area (Å²) < 4.78 is 48.6. The van der Waals surface area contributed by atoms with Crippen LogP contribution in [0, 0.1) is 0 Å². The van der Waals surface area contributed by atoms with E-state index < -0.39 is 187 Å². The van der Waals surface area contributed by atoms with Crippen molar-refractivity contribution in [3.63, 3.8) is 0 Å². The highest BCUT2D eigenvalue weighted by atomic mass is 16.8. The van der Waals surface area contributed by atoms with Gasteiger partial charge >= 0.3 is 0 Å². The zero-order valence-electron chi connectivity index (χ0n) is 29.3. The van der Waals surface area contributed by atoms with Gasteiger partial charge in [-0.1, -0.05) is 0 Å². The SMILES string of the molecule is OC[C@H]1O[C@H](OC[C@H]2O[C@H](OC[C@H]3O[C@H](OC[C@H]4O[C@H](OC[C@H]5OCC(O)(O)[C@@H](O)[C@@H]5O)[C@H](O)[C@@H](O)[C@@H]4O)[C@H](O)[C@@H](O)[C@@H]3O)[C@H](O)[C@@H](O)[C@@H]2O)[C@H](O)[C@@H](O)[C@@H]1O. The quantitative estimate of drug-likeness (QED) is 0.0766. The number of hydrogen-bond acceptors (Lipinski definition) is 26. The number of hydrogen-bond donors (Lipinski definition) is 17. The van der Waals surface area contributed by atoms with Crippen LogP contribution in [0.25, 0.3) is 0 Å². The van der Waals surface area contributed by atoms with Crippen molar-refractivity contribution < 1.29 is 129 Å². The first kappa shape index (κ1) is 46.0. The molecule has 5 aliphatic heterocycles. The van der Waals surface area contributed by atoms with Crippen molar-refractivity contribution in [2.24, 2.45) is 0 Å². The number of ether oxygens (including phenoxy) is 9. The molecule has 0 bridgehead atoms. The maximum Gasteiger partial charge on any atom is 0.216 e. The van der Waals surface area contributed by atoms with Crippen LogP contribution >= 0.6 is 0 Å². The highest BCUT2D eigenvalue weighted by Crippen LogP contribution is 2.30. The highest BCUT2D eigenvalue weighted by Gasteiger charge is 2.52. The van der Waals surface area contributed by atoms with Gasteiger partial charge in [-0.25, -0.2) is 0 Å². The zero-order chi connectivity index (χ0) is 41.4. The molecule has 0 radical (unpaired) electrons. The third-order valence-corrected chi connectivity index (χ3v) is 10.2. The van der Waals surface area contributed by atoms with Crippen LogP contribution in [0.15, 0.2) is 0 Å². The largest absolute Gasteiger partial charge is 0.394 e. The van der Waals surface area contributed by atoms with Gasteiger partial charge in [-0.05, 0) is 0 Å². The summed E-state index contributed by atoms with van der Waals surface area (Å²) >= 11 is 0. The van der Waals surface area contributed by atoms with E-state index in [0.29, 0.717) is 0 Å². The normalized spacial score (nSPS) is 51.5. The molecule has 56 heavy (non-hydrogen) atoms. The fourth-order valence-corrected chi connectivity index (χ4v) is 6.58. The van der Waals surface area contributed by atoms with Gasteiger partial charge in [0.1, 0.15) is 123 Å². The molecule has 26 nitrogen and oxygen atoms in total. The first-order valence-corrected chi connectivity index (χ1v) is 17.6. The van der Waals surface area contributed by atoms with E-state index in [1.54, 1.807) is 0 Å². The molecular weight excluding hydrogens is 776 g/mol. The van der Waals surface area contributed by atoms with Crippen LogP contribution in [0.4, 0.5) is 0 Å². The molecule has 0 aromatic heterocycles. The summed E-state index contributed by atoms with van der Waals surface area (Å²) in [5, 5.41) is 173. The van der Waals surface area contributed by atoms with Crippen LogP contribution in [-0.4, -0.2) is 273 Å². The Morgan fingerprint density at radius 3 is 0.982 bits per heavy atom. The van der Waals surface area contributed by atoms with Crippen molar-refractivity contribution >= 4 is 0 Å². The van der Waals surface area contributed by atoms with E-state index in [1.807, 2.05) is 0 Å². The van der Waals surface area contributed by atoms with Gasteiger partial charge in [-0.2, -0.15) is 0 Å². The lowest BCUT2D eigenvalue weighted by Gasteiger charge is -2.44. The van der Waals surface area contributed by atoms with Gasteiger partial charge in [0.15, 0.2) is 25.2 Å². The Morgan fingerprint density at radius 1 is 0.375 bits per heavy atom. The van der Waals surface area contributed by atoms with E-state index in [0.717, 1.165) is 0 Å². The Kier molecular flexibility index (Phi) is 15.7. The molecule has 0 amide bonds. The van der Waals surface area contributed by atoms with Crippen molar-refractivity contribution in [2.75, 3.05) is 39.6 Å². The van der Waals surface area contributed by atoms with E-state index >= 15 is 0 Å². The molecule has 0 unspecified atom stereocenters. The monoisotopic (exact) mass is 828 g/mol. The third-order valence-electron chi connectivity index (χ3n) is 10.2. The maximum absolute atomic E-state index is 10.6. The van der Waals surface area contributed by atoms with E-state index in [-0.39, 0.29) is 0 Å². The fourth-order valence-electron chi connectivity index (χ4n) is 6.58. The molecule has 0 aromatic carbocycles. The van der Waals surface area contributed by atoms with Crippen molar-refractivity contribution in [3.05, 3.63) is 0 Å². The molecule has 0 aromatic rings. The molecule has 5 heterocycles. The average molecular weight is 829 g/mol. The van der Waals surface area contributed by atoms with E-state index in [9.17, 15) is 86.8 Å². The van der Waals surface area contributed by atoms with Crippen LogP contribution in [-0.2, 0) is 42.6 Å². The summed E-state index contributed by atoms with van der Waals surface area (Å²) in [6.07, 6.45) is -40.4. The second kappa shape index (κ2) is 19.1. The van der Waals surface area contributed by atoms with Gasteiger partial charge in [-0.15, -0.1) is 0 Å². The van der Waals surface area contributed by atoms with E-state index in [4.69, 9.17) is 42.6 Å². The average Bonchev–Trinajstić information content (AvgIpc) is 3.17. The van der Waals surface area contributed by atoms with Gasteiger partial charge in [-0.3, -0.25) is 0 Å². The Bertz CT molecular complexity index is 1220. The molecule has 5 aliphatic rings. The summed E-state index contributed by atoms with van der Waals surface area (Å²) in [5.74, 6) is -2.75. The van der Waals surface area contributed by atoms with E-state index in [1.165, 1.54) is 0 Å². The standard InChI is InChI=1S/C30H52O26/c31-1-7-12(32)17(37)21(41)26(53-7)49-3-9-13(33)19(39)23(43)28(55-9)51-5-11-15(35)20(40)24(44)29(56-11)50-4-10-14(34)18(38)22(42)27(54-10)48-2-8-16(36)25(45)30(46,47)6-52-8/h7-29,31-47H,1-6H2/t7-,8-,9-,10-,11-,12-,13-,14-,15-,16-,17+,18+,19+,20+,21-,22-,23-,24-,25+,26+,27+,28+,29+/m1/s1. The predicted molar refractivity (Wildman–Crippen MR) is 167 cm³/mol. The Labute approximate surface area is 316 Å². The van der Waals surface area contributed by atoms with Crippen LogP contribution in [0.3, 0.4) is 0 Å². The third kappa shape index (κ3) is 9.77. The molecule has 328 valence electrons. The first-order valence-electron chi connectivity index (χ1n) is 17.6. The second-order valence-corrected chi connectivity index (χ2v) is 14.2. The topological polar surface area (TPSA) is 427 Å². The molecular formula is C30H52O26. The molecule has 5 rings (SSSR count). The molecule has 5 fully saturated rings. The lowest BCUT2D eigenvalue weighted by atomic mass is 9.97. The fraction of sp³-hybridized carbons (Fsp3) is 1.00. The Balaban J connectivity index is 1.14. The van der Waals surface area contributed by atoms with Crippen LogP contribution in [0.1, 0.15) is 0 Å². The lowest BCUT2D eigenvalue weighted by Crippen LogP contribution is -2.64. The first-order chi connectivity index (χ1) is 26.3. The van der Waals surface area contributed by atoms with Crippen molar-refractivity contribution in [1.82, 2.24) is 0 Å². The van der Waals surface area contributed by atoms with E-state index in [2.05, 4.69) is 0 Å². The minimum Gasteiger partial charge on any atom is -0.394 e. The predicted octanol–water partition coefficient (Wildman–Crippen LogP) is -11.9. The van der Waals surface area contributed by atoms with Crippen LogP contribution in [0.5, 0.6) is 0 Å². The summed E-state index contributed by atoms with van der Waals surface area (Å²) in [4.78, 5) is 0. The molecule has 26 heteroatoms. The molecule has 5 saturated heterocycles. The van der Waals surface area contributed by atoms with Crippen LogP contribution < -0.4 is 0 Å². The van der Waals surface area contributed by atoms with Gasteiger partial charge in [0.25, 0.3) is 0 Å². The smallest absolute Gasteiger partial charge is 0.216 e. The van der Waals surface area contributed by atoms with Crippen molar-refractivity contribution in [3.8, 4) is 0 Å². The van der Waals surface area contributed by atoms with Crippen molar-refractivity contribution in [1.29, 1.82) is 0 Å². The maximum atomic E-state index is 10.6. The van der Waals surface area contributed by atoms with Gasteiger partial charge in [0.05, 0.1) is 33.0 Å². The van der Waals surface area contributed by atoms with Gasteiger partial charge in [0.2, 0.25) is 5.79 Å². The molecule has 0 saturated carbocycles. The Morgan fingerprint density at radius 2 is 0.661 bits per heavy atom. The molecule has 23 atom stereocenters. The van der Waals surface area contributed by atoms with Gasteiger partial charge < -0.3 is 129 Å². The number of aliphatic hydroxyl groups excluding tert-OH is 15. The molecule has 0 aliphatic carbocycles. The second-order valence-electron chi connectivity index (χ2n) is 14.2. The lowest BCUT2D eigenvalue weighted by molar-refractivity contribution is -0.351. The summed E-state index contributed by atoms with van der Waals surface area (Å²) in [6, 6.07) is 0. The van der Waals surface area contributed by atoms with Crippen molar-refractivity contribution in [2.45, 2.75) is 147 Å². The van der Waals surface area contributed by atoms with Gasteiger partial charge in [0, 0.05) is 0 Å². The summed E-state index contributed by atoms with van der Waals surface area (Å²) in [5.41, 5.74) is 0. The number of aliphatic hydroxyl groups is 17. The Hall–Kier alpha value is -1.04. The van der Waals surface area contributed by atoms with Crippen LogP contribution in [0.2, 0.25) is 0 Å². The number of rotatable bonds is 13. The highest BCUT2D eigenvalue weighted by molar-refractivity contribution is 4.95. The summed E-state index contributed by atoms with van der Waals surface area (Å²) in [7, 11) is 0. The minimum absolute atomic E-state index is 0.621. The summed E-state index contributed by atoms with van der Waals surface area (Å²) in [6.45, 7) is -4.33.